The molecule has 2 N–H and O–H groups in total. The zero-order chi connectivity index (χ0) is 10.8. The number of benzene rings is 1. The number of aromatic nitrogens is 2. The van der Waals surface area contributed by atoms with Crippen LogP contribution in [-0.4, -0.2) is 9.55 Å². The molecule has 1 aromatic heterocycles. The highest BCUT2D eigenvalue weighted by Gasteiger charge is 2.07. The Morgan fingerprint density at radius 1 is 1.40 bits per heavy atom. The Morgan fingerprint density at radius 2 is 2.13 bits per heavy atom. The third-order valence-corrected chi connectivity index (χ3v) is 2.18. The molecule has 1 heterocycles. The standard InChI is InChI=1S/C11H10N4/c1-8-14-11(13)7-15(8)10-5-3-2-4-9(10)6-12/h2-5,7H,13H2,1H3. The van der Waals surface area contributed by atoms with Gasteiger partial charge in [-0.25, -0.2) is 4.98 Å². The van der Waals surface area contributed by atoms with Gasteiger partial charge < -0.3 is 10.3 Å². The predicted octanol–water partition coefficient (Wildman–Crippen LogP) is 1.63. The molecule has 0 saturated carbocycles. The van der Waals surface area contributed by atoms with Crippen LogP contribution in [0.2, 0.25) is 0 Å². The summed E-state index contributed by atoms with van der Waals surface area (Å²) in [6.45, 7) is 1.85. The monoisotopic (exact) mass is 198 g/mol. The summed E-state index contributed by atoms with van der Waals surface area (Å²) in [7, 11) is 0. The van der Waals surface area contributed by atoms with Crippen molar-refractivity contribution in [3.05, 3.63) is 41.9 Å². The van der Waals surface area contributed by atoms with Gasteiger partial charge in [0.2, 0.25) is 0 Å². The summed E-state index contributed by atoms with van der Waals surface area (Å²) in [5.74, 6) is 1.23. The molecule has 15 heavy (non-hydrogen) atoms. The molecule has 0 saturated heterocycles. The highest BCUT2D eigenvalue weighted by Crippen LogP contribution is 2.17. The van der Waals surface area contributed by atoms with Crippen LogP contribution in [-0.2, 0) is 0 Å². The molecule has 0 aliphatic carbocycles. The average Bonchev–Trinajstić information content (AvgIpc) is 2.57. The van der Waals surface area contributed by atoms with E-state index in [9.17, 15) is 0 Å². The largest absolute Gasteiger partial charge is 0.382 e. The molecule has 4 heteroatoms. The Balaban J connectivity index is 2.64. The quantitative estimate of drug-likeness (QED) is 0.757. The maximum atomic E-state index is 8.96. The molecule has 2 rings (SSSR count). The zero-order valence-corrected chi connectivity index (χ0v) is 8.31. The Kier molecular flexibility index (Phi) is 2.14. The molecule has 0 aliphatic heterocycles. The highest BCUT2D eigenvalue weighted by molar-refractivity contribution is 5.50. The number of imidazole rings is 1. The molecule has 74 valence electrons. The van der Waals surface area contributed by atoms with E-state index in [-0.39, 0.29) is 0 Å². The van der Waals surface area contributed by atoms with Gasteiger partial charge >= 0.3 is 0 Å². The van der Waals surface area contributed by atoms with Gasteiger partial charge in [0.15, 0.2) is 0 Å². The van der Waals surface area contributed by atoms with Crippen LogP contribution in [0.3, 0.4) is 0 Å². The zero-order valence-electron chi connectivity index (χ0n) is 8.31. The van der Waals surface area contributed by atoms with Crippen molar-refractivity contribution in [2.24, 2.45) is 0 Å². The van der Waals surface area contributed by atoms with Crippen LogP contribution >= 0.6 is 0 Å². The first-order valence-electron chi connectivity index (χ1n) is 4.53. The molecule has 0 radical (unpaired) electrons. The summed E-state index contributed by atoms with van der Waals surface area (Å²) in [4.78, 5) is 4.09. The minimum Gasteiger partial charge on any atom is -0.382 e. The topological polar surface area (TPSA) is 67.6 Å². The SMILES string of the molecule is Cc1nc(N)cn1-c1ccccc1C#N. The first kappa shape index (κ1) is 9.28. The van der Waals surface area contributed by atoms with E-state index in [1.165, 1.54) is 0 Å². The van der Waals surface area contributed by atoms with Gasteiger partial charge in [0.25, 0.3) is 0 Å². The molecule has 0 atom stereocenters. The van der Waals surface area contributed by atoms with Crippen LogP contribution in [0.1, 0.15) is 11.4 Å². The van der Waals surface area contributed by atoms with E-state index in [1.807, 2.05) is 29.7 Å². The molecule has 0 bridgehead atoms. The Labute approximate surface area is 87.6 Å². The Bertz CT molecular complexity index is 534. The third-order valence-electron chi connectivity index (χ3n) is 2.18. The molecule has 1 aromatic carbocycles. The number of nitrogens with two attached hydrogens (primary N) is 1. The summed E-state index contributed by atoms with van der Waals surface area (Å²) >= 11 is 0. The number of hydrogen-bond acceptors (Lipinski definition) is 3. The molecule has 0 spiro atoms. The summed E-state index contributed by atoms with van der Waals surface area (Å²) < 4.78 is 1.81. The smallest absolute Gasteiger partial charge is 0.142 e. The highest BCUT2D eigenvalue weighted by atomic mass is 15.1. The molecule has 0 aliphatic rings. The van der Waals surface area contributed by atoms with Crippen LogP contribution in [0.5, 0.6) is 0 Å². The average molecular weight is 198 g/mol. The van der Waals surface area contributed by atoms with E-state index in [1.54, 1.807) is 12.3 Å². The van der Waals surface area contributed by atoms with Crippen LogP contribution in [0, 0.1) is 18.3 Å². The molecule has 2 aromatic rings. The van der Waals surface area contributed by atoms with Gasteiger partial charge in [0, 0.05) is 0 Å². The van der Waals surface area contributed by atoms with E-state index in [0.717, 1.165) is 11.5 Å². The van der Waals surface area contributed by atoms with Gasteiger partial charge in [-0.2, -0.15) is 5.26 Å². The van der Waals surface area contributed by atoms with Crippen LogP contribution < -0.4 is 5.73 Å². The summed E-state index contributed by atoms with van der Waals surface area (Å²) in [5, 5.41) is 8.96. The van der Waals surface area contributed by atoms with Gasteiger partial charge in [0.1, 0.15) is 17.7 Å². The lowest BCUT2D eigenvalue weighted by Crippen LogP contribution is -1.98. The number of nitriles is 1. The van der Waals surface area contributed by atoms with Gasteiger partial charge in [-0.1, -0.05) is 12.1 Å². The predicted molar refractivity (Wildman–Crippen MR) is 57.4 cm³/mol. The van der Waals surface area contributed by atoms with Crippen molar-refractivity contribution in [3.63, 3.8) is 0 Å². The van der Waals surface area contributed by atoms with Crippen LogP contribution in [0.25, 0.3) is 5.69 Å². The second kappa shape index (κ2) is 3.46. The van der Waals surface area contributed by atoms with E-state index >= 15 is 0 Å². The first-order chi connectivity index (χ1) is 7.22. The second-order valence-electron chi connectivity index (χ2n) is 3.21. The van der Waals surface area contributed by atoms with Crippen LogP contribution in [0.4, 0.5) is 5.82 Å². The number of nitrogen functional groups attached to an aromatic ring is 1. The van der Waals surface area contributed by atoms with Gasteiger partial charge in [-0.15, -0.1) is 0 Å². The van der Waals surface area contributed by atoms with Crippen molar-refractivity contribution < 1.29 is 0 Å². The minimum absolute atomic E-state index is 0.459. The maximum absolute atomic E-state index is 8.96. The van der Waals surface area contributed by atoms with Gasteiger partial charge in [-0.05, 0) is 19.1 Å². The number of para-hydroxylation sites is 1. The number of hydrogen-bond donors (Lipinski definition) is 1. The van der Waals surface area contributed by atoms with Gasteiger partial charge in [-0.3, -0.25) is 0 Å². The number of anilines is 1. The van der Waals surface area contributed by atoms with E-state index in [4.69, 9.17) is 11.0 Å². The minimum atomic E-state index is 0.459. The van der Waals surface area contributed by atoms with E-state index in [0.29, 0.717) is 11.4 Å². The lowest BCUT2D eigenvalue weighted by atomic mass is 10.2. The maximum Gasteiger partial charge on any atom is 0.142 e. The van der Waals surface area contributed by atoms with Crippen LogP contribution in [0.15, 0.2) is 30.5 Å². The van der Waals surface area contributed by atoms with Crippen molar-refractivity contribution in [2.45, 2.75) is 6.92 Å². The fraction of sp³-hybridized carbons (Fsp3) is 0.0909. The molecule has 0 unspecified atom stereocenters. The third kappa shape index (κ3) is 1.55. The summed E-state index contributed by atoms with van der Waals surface area (Å²) in [6.07, 6.45) is 1.71. The summed E-state index contributed by atoms with van der Waals surface area (Å²) in [5.41, 5.74) is 7.01. The van der Waals surface area contributed by atoms with Crippen molar-refractivity contribution in [2.75, 3.05) is 5.73 Å². The Morgan fingerprint density at radius 3 is 2.73 bits per heavy atom. The van der Waals surface area contributed by atoms with Crippen molar-refractivity contribution >= 4 is 5.82 Å². The van der Waals surface area contributed by atoms with Crippen molar-refractivity contribution in [1.29, 1.82) is 5.26 Å². The molecular weight excluding hydrogens is 188 g/mol. The molecular formula is C11H10N4. The number of nitrogens with zero attached hydrogens (tertiary/aromatic N) is 3. The molecule has 0 amide bonds. The van der Waals surface area contributed by atoms with Crippen molar-refractivity contribution in [3.8, 4) is 11.8 Å². The summed E-state index contributed by atoms with van der Waals surface area (Å²) in [6, 6.07) is 9.49. The number of aryl methyl sites for hydroxylation is 1. The fourth-order valence-electron chi connectivity index (χ4n) is 1.52. The van der Waals surface area contributed by atoms with Gasteiger partial charge in [0.05, 0.1) is 17.4 Å². The normalized spacial score (nSPS) is 9.87. The van der Waals surface area contributed by atoms with E-state index < -0.39 is 0 Å². The second-order valence-corrected chi connectivity index (χ2v) is 3.21. The van der Waals surface area contributed by atoms with E-state index in [2.05, 4.69) is 11.1 Å². The fourth-order valence-corrected chi connectivity index (χ4v) is 1.52. The molecule has 0 fully saturated rings. The van der Waals surface area contributed by atoms with Crippen molar-refractivity contribution in [1.82, 2.24) is 9.55 Å². The Hall–Kier alpha value is -2.28. The lowest BCUT2D eigenvalue weighted by Gasteiger charge is -2.05. The number of rotatable bonds is 1. The molecule has 4 nitrogen and oxygen atoms in total. The lowest BCUT2D eigenvalue weighted by molar-refractivity contribution is 0.971. The first-order valence-corrected chi connectivity index (χ1v) is 4.53.